The van der Waals surface area contributed by atoms with Crippen LogP contribution in [0.3, 0.4) is 0 Å². The van der Waals surface area contributed by atoms with Crippen molar-refractivity contribution in [2.45, 2.75) is 24.7 Å². The van der Waals surface area contributed by atoms with Crippen LogP contribution in [0.2, 0.25) is 5.02 Å². The van der Waals surface area contributed by atoms with Crippen LogP contribution in [0.25, 0.3) is 5.57 Å². The standard InChI is InChI=1S/C19H20ClNO2S/c1-15-9-10-19(18(20)14-15)24(22,23)21-12-5-8-17(11-13-21)16-6-3-2-4-7-16/h2-4,6-10,14H,5,11-13H2,1H3. The van der Waals surface area contributed by atoms with Gasteiger partial charge in [-0.25, -0.2) is 8.42 Å². The van der Waals surface area contributed by atoms with Gasteiger partial charge in [0.25, 0.3) is 0 Å². The molecule has 2 aromatic rings. The van der Waals surface area contributed by atoms with Crippen LogP contribution in [0.4, 0.5) is 0 Å². The number of hydrogen-bond donors (Lipinski definition) is 0. The number of hydrogen-bond acceptors (Lipinski definition) is 2. The van der Waals surface area contributed by atoms with E-state index in [1.165, 1.54) is 9.88 Å². The van der Waals surface area contributed by atoms with Gasteiger partial charge in [-0.3, -0.25) is 0 Å². The lowest BCUT2D eigenvalue weighted by Crippen LogP contribution is -2.32. The van der Waals surface area contributed by atoms with Crippen molar-refractivity contribution >= 4 is 27.2 Å². The number of sulfonamides is 1. The predicted octanol–water partition coefficient (Wildman–Crippen LogP) is 4.52. The molecule has 24 heavy (non-hydrogen) atoms. The summed E-state index contributed by atoms with van der Waals surface area (Å²) in [5.74, 6) is 0. The van der Waals surface area contributed by atoms with Gasteiger partial charge in [-0.05, 0) is 48.6 Å². The first-order valence-corrected chi connectivity index (χ1v) is 9.81. The molecule has 0 unspecified atom stereocenters. The van der Waals surface area contributed by atoms with Crippen LogP contribution in [0.5, 0.6) is 0 Å². The van der Waals surface area contributed by atoms with Crippen molar-refractivity contribution in [1.29, 1.82) is 0 Å². The largest absolute Gasteiger partial charge is 0.244 e. The van der Waals surface area contributed by atoms with E-state index in [1.54, 1.807) is 18.2 Å². The van der Waals surface area contributed by atoms with Gasteiger partial charge in [-0.1, -0.05) is 54.1 Å². The molecule has 0 saturated heterocycles. The maximum Gasteiger partial charge on any atom is 0.244 e. The van der Waals surface area contributed by atoms with E-state index in [0.717, 1.165) is 11.1 Å². The van der Waals surface area contributed by atoms with E-state index in [2.05, 4.69) is 18.2 Å². The van der Waals surface area contributed by atoms with Crippen LogP contribution in [0, 0.1) is 6.92 Å². The molecule has 1 aliphatic rings. The fraction of sp³-hybridized carbons (Fsp3) is 0.263. The highest BCUT2D eigenvalue weighted by atomic mass is 35.5. The van der Waals surface area contributed by atoms with Gasteiger partial charge in [0.1, 0.15) is 4.90 Å². The lowest BCUT2D eigenvalue weighted by molar-refractivity contribution is 0.429. The van der Waals surface area contributed by atoms with Crippen molar-refractivity contribution < 1.29 is 8.42 Å². The van der Waals surface area contributed by atoms with Gasteiger partial charge in [0, 0.05) is 13.1 Å². The first-order chi connectivity index (χ1) is 11.5. The van der Waals surface area contributed by atoms with E-state index < -0.39 is 10.0 Å². The number of nitrogens with zero attached hydrogens (tertiary/aromatic N) is 1. The van der Waals surface area contributed by atoms with Gasteiger partial charge < -0.3 is 0 Å². The molecule has 0 amide bonds. The Morgan fingerprint density at radius 2 is 1.79 bits per heavy atom. The molecule has 0 N–H and O–H groups in total. The molecule has 3 nitrogen and oxygen atoms in total. The van der Waals surface area contributed by atoms with Crippen molar-refractivity contribution in [2.75, 3.05) is 13.1 Å². The van der Waals surface area contributed by atoms with Crippen molar-refractivity contribution in [3.63, 3.8) is 0 Å². The Balaban J connectivity index is 1.82. The summed E-state index contributed by atoms with van der Waals surface area (Å²) >= 11 is 6.18. The number of aryl methyl sites for hydroxylation is 1. The van der Waals surface area contributed by atoms with Gasteiger partial charge in [0.05, 0.1) is 5.02 Å². The Labute approximate surface area is 148 Å². The summed E-state index contributed by atoms with van der Waals surface area (Å²) in [7, 11) is -3.57. The zero-order valence-electron chi connectivity index (χ0n) is 13.6. The third-order valence-electron chi connectivity index (χ3n) is 4.25. The van der Waals surface area contributed by atoms with Crippen molar-refractivity contribution in [2.24, 2.45) is 0 Å². The summed E-state index contributed by atoms with van der Waals surface area (Å²) in [6, 6.07) is 15.2. The highest BCUT2D eigenvalue weighted by Gasteiger charge is 2.27. The monoisotopic (exact) mass is 361 g/mol. The quantitative estimate of drug-likeness (QED) is 0.806. The third kappa shape index (κ3) is 3.56. The van der Waals surface area contributed by atoms with E-state index >= 15 is 0 Å². The number of benzene rings is 2. The van der Waals surface area contributed by atoms with E-state index in [0.29, 0.717) is 25.9 Å². The van der Waals surface area contributed by atoms with Gasteiger partial charge >= 0.3 is 0 Å². The first-order valence-electron chi connectivity index (χ1n) is 7.99. The minimum Gasteiger partial charge on any atom is -0.207 e. The highest BCUT2D eigenvalue weighted by molar-refractivity contribution is 7.89. The fourth-order valence-electron chi connectivity index (χ4n) is 2.95. The fourth-order valence-corrected chi connectivity index (χ4v) is 4.98. The highest BCUT2D eigenvalue weighted by Crippen LogP contribution is 2.29. The average molecular weight is 362 g/mol. The molecule has 5 heteroatoms. The molecule has 2 aromatic carbocycles. The van der Waals surface area contributed by atoms with Crippen LogP contribution < -0.4 is 0 Å². The lowest BCUT2D eigenvalue weighted by atomic mass is 10.0. The maximum atomic E-state index is 12.9. The SMILES string of the molecule is Cc1ccc(S(=O)(=O)N2CCC=C(c3ccccc3)CC2)c(Cl)c1. The Morgan fingerprint density at radius 3 is 2.50 bits per heavy atom. The smallest absolute Gasteiger partial charge is 0.207 e. The second-order valence-electron chi connectivity index (χ2n) is 5.97. The molecule has 0 atom stereocenters. The van der Waals surface area contributed by atoms with Crippen LogP contribution in [-0.4, -0.2) is 25.8 Å². The van der Waals surface area contributed by atoms with Gasteiger partial charge in [0.2, 0.25) is 10.0 Å². The Hall–Kier alpha value is -1.62. The zero-order valence-corrected chi connectivity index (χ0v) is 15.1. The topological polar surface area (TPSA) is 37.4 Å². The molecule has 3 rings (SSSR count). The Kier molecular flexibility index (Phi) is 5.09. The minimum absolute atomic E-state index is 0.193. The van der Waals surface area contributed by atoms with E-state index in [-0.39, 0.29) is 9.92 Å². The maximum absolute atomic E-state index is 12.9. The van der Waals surface area contributed by atoms with Gasteiger partial charge in [-0.15, -0.1) is 0 Å². The molecule has 0 radical (unpaired) electrons. The molecule has 0 aliphatic carbocycles. The minimum atomic E-state index is -3.57. The molecule has 1 heterocycles. The molecule has 0 spiro atoms. The van der Waals surface area contributed by atoms with E-state index in [4.69, 9.17) is 11.6 Å². The molecule has 0 bridgehead atoms. The van der Waals surface area contributed by atoms with Crippen LogP contribution >= 0.6 is 11.6 Å². The number of rotatable bonds is 3. The molecule has 0 saturated carbocycles. The van der Waals surface area contributed by atoms with Crippen LogP contribution in [-0.2, 0) is 10.0 Å². The average Bonchev–Trinajstić information content (AvgIpc) is 2.82. The number of halogens is 1. The lowest BCUT2D eigenvalue weighted by Gasteiger charge is -2.21. The predicted molar refractivity (Wildman–Crippen MR) is 98.6 cm³/mol. The van der Waals surface area contributed by atoms with E-state index in [1.807, 2.05) is 25.1 Å². The third-order valence-corrected chi connectivity index (χ3v) is 6.63. The van der Waals surface area contributed by atoms with Gasteiger partial charge in [0.15, 0.2) is 0 Å². The molecule has 126 valence electrons. The molecular formula is C19H20ClNO2S. The van der Waals surface area contributed by atoms with Crippen molar-refractivity contribution in [3.8, 4) is 0 Å². The van der Waals surface area contributed by atoms with Crippen LogP contribution in [0.1, 0.15) is 24.0 Å². The summed E-state index contributed by atoms with van der Waals surface area (Å²) in [4.78, 5) is 0.193. The summed E-state index contributed by atoms with van der Waals surface area (Å²) in [6.45, 7) is 2.83. The molecular weight excluding hydrogens is 342 g/mol. The van der Waals surface area contributed by atoms with Crippen LogP contribution in [0.15, 0.2) is 59.5 Å². The molecule has 0 aromatic heterocycles. The summed E-state index contributed by atoms with van der Waals surface area (Å²) in [5.41, 5.74) is 3.30. The summed E-state index contributed by atoms with van der Waals surface area (Å²) in [6.07, 6.45) is 3.54. The second kappa shape index (κ2) is 7.09. The molecule has 0 fully saturated rings. The Bertz CT molecular complexity index is 860. The van der Waals surface area contributed by atoms with Gasteiger partial charge in [-0.2, -0.15) is 4.31 Å². The molecule has 1 aliphatic heterocycles. The normalized spacial score (nSPS) is 16.5. The van der Waals surface area contributed by atoms with Crippen molar-refractivity contribution in [1.82, 2.24) is 4.31 Å². The van der Waals surface area contributed by atoms with E-state index in [9.17, 15) is 8.42 Å². The summed E-state index contributed by atoms with van der Waals surface area (Å²) in [5, 5.41) is 0.287. The van der Waals surface area contributed by atoms with Crippen molar-refractivity contribution in [3.05, 3.63) is 70.8 Å². The Morgan fingerprint density at radius 1 is 1.04 bits per heavy atom. The first kappa shape index (κ1) is 17.2. The summed E-state index contributed by atoms with van der Waals surface area (Å²) < 4.78 is 27.4. The second-order valence-corrected chi connectivity index (χ2v) is 8.29. The zero-order chi connectivity index (χ0) is 17.2.